The van der Waals surface area contributed by atoms with Gasteiger partial charge in [-0.05, 0) is 19.3 Å². The van der Waals surface area contributed by atoms with Crippen LogP contribution < -0.4 is 10.2 Å². The highest BCUT2D eigenvalue weighted by Gasteiger charge is 2.43. The fourth-order valence-electron chi connectivity index (χ4n) is 4.07. The van der Waals surface area contributed by atoms with E-state index in [1.165, 1.54) is 6.20 Å². The summed E-state index contributed by atoms with van der Waals surface area (Å²) in [5, 5.41) is 10.3. The number of imidazole rings is 1. The second kappa shape index (κ2) is 6.86. The summed E-state index contributed by atoms with van der Waals surface area (Å²) in [7, 11) is 1.85. The van der Waals surface area contributed by atoms with Gasteiger partial charge in [0.2, 0.25) is 5.91 Å². The maximum absolute atomic E-state index is 15.4. The molecule has 2 saturated carbocycles. The van der Waals surface area contributed by atoms with Crippen molar-refractivity contribution < 1.29 is 13.6 Å². The van der Waals surface area contributed by atoms with E-state index in [-0.39, 0.29) is 17.5 Å². The predicted molar refractivity (Wildman–Crippen MR) is 116 cm³/mol. The maximum Gasteiger partial charge on any atom is 0.231 e. The number of benzene rings is 1. The lowest BCUT2D eigenvalue weighted by molar-refractivity contribution is -0.117. The fraction of sp³-hybridized carbons (Fsp3) is 0.333. The van der Waals surface area contributed by atoms with Crippen molar-refractivity contribution in [2.75, 3.05) is 17.3 Å². The number of aromatic amines is 1. The topological polar surface area (TPSA) is 91.2 Å². The summed E-state index contributed by atoms with van der Waals surface area (Å²) in [6.07, 6.45) is 7.53. The molecule has 4 aromatic rings. The van der Waals surface area contributed by atoms with Crippen LogP contribution in [-0.2, 0) is 4.79 Å². The summed E-state index contributed by atoms with van der Waals surface area (Å²) >= 11 is 6.52. The second-order valence-corrected chi connectivity index (χ2v) is 8.74. The van der Waals surface area contributed by atoms with Gasteiger partial charge in [0.05, 0.1) is 40.7 Å². The summed E-state index contributed by atoms with van der Waals surface area (Å²) in [5.74, 6) is -1.25. The van der Waals surface area contributed by atoms with E-state index < -0.39 is 23.8 Å². The van der Waals surface area contributed by atoms with E-state index in [9.17, 15) is 9.18 Å². The Balaban J connectivity index is 1.42. The lowest BCUT2D eigenvalue weighted by Gasteiger charge is -2.22. The lowest BCUT2D eigenvalue weighted by atomic mass is 10.0. The number of anilines is 2. The largest absolute Gasteiger partial charge is 0.367 e. The van der Waals surface area contributed by atoms with Gasteiger partial charge < -0.3 is 14.6 Å². The van der Waals surface area contributed by atoms with Gasteiger partial charge in [-0.15, -0.1) is 0 Å². The standard InChI is InChI=1S/C21H18ClF2N7O/c1-30(9-2-3-9)20-18(24)17(22)16(11-5-26-29-19(11)20)13-7-31-8-14(27-15(31)6-25-13)28-21(32)10-4-12(10)23/h5-10,12H,2-4H2,1H3,(H,26,29)(H,28,32)/t10-,12+/m1/s1. The molecule has 164 valence electrons. The van der Waals surface area contributed by atoms with Crippen LogP contribution in [0.3, 0.4) is 0 Å². The van der Waals surface area contributed by atoms with E-state index in [2.05, 4.69) is 25.5 Å². The quantitative estimate of drug-likeness (QED) is 0.473. The van der Waals surface area contributed by atoms with Crippen molar-refractivity contribution in [3.05, 3.63) is 35.6 Å². The minimum absolute atomic E-state index is 0.0374. The molecule has 0 radical (unpaired) electrons. The average molecular weight is 458 g/mol. The molecule has 2 aliphatic rings. The Kier molecular flexibility index (Phi) is 4.16. The molecular formula is C21H18ClF2N7O. The third-order valence-electron chi connectivity index (χ3n) is 6.11. The maximum atomic E-state index is 15.4. The van der Waals surface area contributed by atoms with Gasteiger partial charge in [0, 0.05) is 30.2 Å². The number of aromatic nitrogens is 5. The number of nitrogens with zero attached hydrogens (tertiary/aromatic N) is 5. The van der Waals surface area contributed by atoms with Crippen molar-refractivity contribution in [1.82, 2.24) is 24.6 Å². The van der Waals surface area contributed by atoms with Crippen LogP contribution in [0, 0.1) is 11.7 Å². The molecule has 2 aliphatic carbocycles. The van der Waals surface area contributed by atoms with Gasteiger partial charge in [-0.25, -0.2) is 13.8 Å². The van der Waals surface area contributed by atoms with Crippen molar-refractivity contribution in [3.8, 4) is 11.3 Å². The van der Waals surface area contributed by atoms with Gasteiger partial charge in [-0.1, -0.05) is 11.6 Å². The molecule has 6 rings (SSSR count). The van der Waals surface area contributed by atoms with Crippen molar-refractivity contribution in [2.45, 2.75) is 31.5 Å². The first-order valence-electron chi connectivity index (χ1n) is 10.3. The first-order valence-corrected chi connectivity index (χ1v) is 10.7. The van der Waals surface area contributed by atoms with Crippen LogP contribution >= 0.6 is 11.6 Å². The van der Waals surface area contributed by atoms with Gasteiger partial charge in [0.25, 0.3) is 0 Å². The highest BCUT2D eigenvalue weighted by Crippen LogP contribution is 2.44. The Hall–Kier alpha value is -3.27. The first kappa shape index (κ1) is 19.4. The van der Waals surface area contributed by atoms with Crippen molar-refractivity contribution in [3.63, 3.8) is 0 Å². The molecule has 2 atom stereocenters. The normalized spacial score (nSPS) is 20.1. The third kappa shape index (κ3) is 3.01. The Bertz CT molecular complexity index is 1400. The van der Waals surface area contributed by atoms with E-state index in [0.29, 0.717) is 39.3 Å². The average Bonchev–Trinajstić information content (AvgIpc) is 3.66. The number of hydrogen-bond donors (Lipinski definition) is 2. The fourth-order valence-corrected chi connectivity index (χ4v) is 4.35. The van der Waals surface area contributed by atoms with Gasteiger partial charge >= 0.3 is 0 Å². The Labute approximate surface area is 185 Å². The van der Waals surface area contributed by atoms with Crippen LogP contribution in [0.2, 0.25) is 5.02 Å². The van der Waals surface area contributed by atoms with Gasteiger partial charge in [-0.2, -0.15) is 5.10 Å². The summed E-state index contributed by atoms with van der Waals surface area (Å²) in [6.45, 7) is 0. The van der Waals surface area contributed by atoms with Crippen molar-refractivity contribution >= 4 is 45.6 Å². The summed E-state index contributed by atoms with van der Waals surface area (Å²) in [4.78, 5) is 22.6. The number of rotatable bonds is 5. The smallest absolute Gasteiger partial charge is 0.231 e. The number of fused-ring (bicyclic) bond motifs is 2. The molecule has 3 heterocycles. The van der Waals surface area contributed by atoms with E-state index in [1.54, 1.807) is 23.0 Å². The third-order valence-corrected chi connectivity index (χ3v) is 6.47. The highest BCUT2D eigenvalue weighted by atomic mass is 35.5. The molecule has 0 aliphatic heterocycles. The molecule has 2 N–H and O–H groups in total. The number of carbonyl (C=O) groups excluding carboxylic acids is 1. The SMILES string of the molecule is CN(c1c(F)c(Cl)c(-c2cn3cc(NC(=O)[C@@H]4C[C@@H]4F)nc3cn2)c2cn[nH]c12)C1CC1. The predicted octanol–water partition coefficient (Wildman–Crippen LogP) is 3.96. The molecule has 3 aromatic heterocycles. The molecule has 0 bridgehead atoms. The number of halogens is 3. The zero-order valence-electron chi connectivity index (χ0n) is 16.9. The first-order chi connectivity index (χ1) is 15.4. The summed E-state index contributed by atoms with van der Waals surface area (Å²) in [5.41, 5.74) is 2.27. The minimum Gasteiger partial charge on any atom is -0.367 e. The zero-order chi connectivity index (χ0) is 22.1. The van der Waals surface area contributed by atoms with Crippen LogP contribution in [-0.4, -0.2) is 49.7 Å². The summed E-state index contributed by atoms with van der Waals surface area (Å²) in [6, 6.07) is 0.287. The highest BCUT2D eigenvalue weighted by molar-refractivity contribution is 6.35. The molecule has 0 unspecified atom stereocenters. The van der Waals surface area contributed by atoms with Crippen LogP contribution in [0.15, 0.2) is 24.8 Å². The minimum atomic E-state index is -1.09. The number of carbonyl (C=O) groups is 1. The van der Waals surface area contributed by atoms with Gasteiger partial charge in [0.15, 0.2) is 17.3 Å². The van der Waals surface area contributed by atoms with E-state index in [1.807, 2.05) is 11.9 Å². The van der Waals surface area contributed by atoms with Crippen LogP contribution in [0.5, 0.6) is 0 Å². The number of H-pyrrole nitrogens is 1. The zero-order valence-corrected chi connectivity index (χ0v) is 17.7. The number of nitrogens with one attached hydrogen (secondary N) is 2. The number of amides is 1. The van der Waals surface area contributed by atoms with E-state index in [4.69, 9.17) is 11.6 Å². The number of alkyl halides is 1. The van der Waals surface area contributed by atoms with Crippen LogP contribution in [0.4, 0.5) is 20.3 Å². The molecule has 11 heteroatoms. The second-order valence-electron chi connectivity index (χ2n) is 8.36. The molecule has 1 aromatic carbocycles. The molecule has 0 saturated heterocycles. The lowest BCUT2D eigenvalue weighted by Crippen LogP contribution is -2.21. The van der Waals surface area contributed by atoms with Gasteiger partial charge in [0.1, 0.15) is 11.9 Å². The molecule has 1 amide bonds. The van der Waals surface area contributed by atoms with Crippen molar-refractivity contribution in [2.24, 2.45) is 5.92 Å². The van der Waals surface area contributed by atoms with Gasteiger partial charge in [-0.3, -0.25) is 14.9 Å². The Morgan fingerprint density at radius 3 is 2.84 bits per heavy atom. The molecule has 2 fully saturated rings. The molecule has 32 heavy (non-hydrogen) atoms. The Morgan fingerprint density at radius 1 is 1.34 bits per heavy atom. The van der Waals surface area contributed by atoms with E-state index >= 15 is 4.39 Å². The molecular weight excluding hydrogens is 440 g/mol. The number of hydrogen-bond acceptors (Lipinski definition) is 5. The van der Waals surface area contributed by atoms with E-state index in [0.717, 1.165) is 12.8 Å². The van der Waals surface area contributed by atoms with Crippen LogP contribution in [0.25, 0.3) is 27.8 Å². The van der Waals surface area contributed by atoms with Crippen LogP contribution in [0.1, 0.15) is 19.3 Å². The summed E-state index contributed by atoms with van der Waals surface area (Å²) < 4.78 is 30.2. The molecule has 0 spiro atoms. The Morgan fingerprint density at radius 2 is 2.12 bits per heavy atom. The molecule has 8 nitrogen and oxygen atoms in total. The van der Waals surface area contributed by atoms with Crippen molar-refractivity contribution in [1.29, 1.82) is 0 Å². The monoisotopic (exact) mass is 457 g/mol.